The van der Waals surface area contributed by atoms with Crippen LogP contribution in [0.1, 0.15) is 61.0 Å². The molecule has 0 saturated heterocycles. The maximum atomic E-state index is 13.4. The lowest BCUT2D eigenvalue weighted by Gasteiger charge is -2.57. The number of nitrogens with one attached hydrogen (secondary N) is 1. The van der Waals surface area contributed by atoms with Gasteiger partial charge in [-0.2, -0.15) is 0 Å². The number of hydrogen-bond acceptors (Lipinski definition) is 4. The number of carbonyl (C=O) groups excluding carboxylic acids is 1. The van der Waals surface area contributed by atoms with Crippen molar-refractivity contribution in [3.8, 4) is 11.3 Å². The number of carbonyl (C=O) groups is 1. The number of nitrogens with two attached hydrogens (primary N) is 1. The number of rotatable bonds is 5. The first-order valence-electron chi connectivity index (χ1n) is 15.0. The van der Waals surface area contributed by atoms with Crippen molar-refractivity contribution in [2.24, 2.45) is 23.2 Å². The highest BCUT2D eigenvalue weighted by Gasteiger charge is 2.51. The average molecular weight is 529 g/mol. The van der Waals surface area contributed by atoms with Crippen LogP contribution in [-0.2, 0) is 30.5 Å². The Morgan fingerprint density at radius 3 is 2.40 bits per heavy atom. The molecule has 5 heteroatoms. The zero-order chi connectivity index (χ0) is 26.8. The topological polar surface area (TPSA) is 80.9 Å². The van der Waals surface area contributed by atoms with E-state index in [1.165, 1.54) is 49.5 Å². The molecule has 4 saturated carbocycles. The number of hydrogen-bond donors (Lipinski definition) is 2. The van der Waals surface area contributed by atoms with Gasteiger partial charge in [0.05, 0.1) is 23.5 Å². The van der Waals surface area contributed by atoms with Crippen LogP contribution in [0.5, 0.6) is 0 Å². The second-order valence-corrected chi connectivity index (χ2v) is 13.2. The van der Waals surface area contributed by atoms with Crippen molar-refractivity contribution in [3.63, 3.8) is 0 Å². The van der Waals surface area contributed by atoms with Crippen LogP contribution in [0.4, 0.5) is 11.5 Å². The Hall–Kier alpha value is -3.73. The van der Waals surface area contributed by atoms with E-state index < -0.39 is 0 Å². The van der Waals surface area contributed by atoms with Gasteiger partial charge in [-0.1, -0.05) is 48.5 Å². The molecule has 3 aromatic carbocycles. The lowest BCUT2D eigenvalue weighted by molar-refractivity contribution is -0.115. The lowest BCUT2D eigenvalue weighted by atomic mass is 9.48. The predicted octanol–water partition coefficient (Wildman–Crippen LogP) is 6.92. The summed E-state index contributed by atoms with van der Waals surface area (Å²) < 4.78 is 0. The first-order valence-corrected chi connectivity index (χ1v) is 15.0. The predicted molar refractivity (Wildman–Crippen MR) is 160 cm³/mol. The molecule has 0 atom stereocenters. The molecule has 4 bridgehead atoms. The SMILES string of the molecule is Nc1ccc2c(c1)CCc1nc(NC(=O)Cc3ccc4ccccc4c3)c(CC34CC5CC(CC(C5)C3)C4)nc1-2. The van der Waals surface area contributed by atoms with Gasteiger partial charge >= 0.3 is 0 Å². The lowest BCUT2D eigenvalue weighted by Crippen LogP contribution is -2.47. The fourth-order valence-corrected chi connectivity index (χ4v) is 8.99. The maximum absolute atomic E-state index is 13.4. The Balaban J connectivity index is 1.14. The van der Waals surface area contributed by atoms with Gasteiger partial charge in [0.1, 0.15) is 0 Å². The highest BCUT2D eigenvalue weighted by atomic mass is 16.1. The summed E-state index contributed by atoms with van der Waals surface area (Å²) in [5, 5.41) is 5.58. The first-order chi connectivity index (χ1) is 19.5. The zero-order valence-electron chi connectivity index (χ0n) is 23.0. The van der Waals surface area contributed by atoms with Gasteiger partial charge in [0.25, 0.3) is 0 Å². The van der Waals surface area contributed by atoms with E-state index in [1.807, 2.05) is 18.2 Å². The third kappa shape index (κ3) is 4.27. The van der Waals surface area contributed by atoms with Crippen LogP contribution in [0.3, 0.4) is 0 Å². The highest BCUT2D eigenvalue weighted by molar-refractivity contribution is 5.93. The summed E-state index contributed by atoms with van der Waals surface area (Å²) in [6.07, 6.45) is 11.1. The molecule has 1 amide bonds. The molecule has 0 aliphatic heterocycles. The number of aromatic nitrogens is 2. The van der Waals surface area contributed by atoms with Crippen molar-refractivity contribution in [2.45, 2.75) is 64.2 Å². The zero-order valence-corrected chi connectivity index (χ0v) is 23.0. The van der Waals surface area contributed by atoms with E-state index >= 15 is 0 Å². The van der Waals surface area contributed by atoms with Gasteiger partial charge in [-0.25, -0.2) is 9.97 Å². The normalized spacial score (nSPS) is 25.9. The molecule has 5 aliphatic carbocycles. The smallest absolute Gasteiger partial charge is 0.229 e. The second kappa shape index (κ2) is 9.15. The van der Waals surface area contributed by atoms with E-state index in [4.69, 9.17) is 15.7 Å². The van der Waals surface area contributed by atoms with Gasteiger partial charge < -0.3 is 11.1 Å². The van der Waals surface area contributed by atoms with Gasteiger partial charge in [0.2, 0.25) is 5.91 Å². The molecule has 40 heavy (non-hydrogen) atoms. The Kier molecular flexibility index (Phi) is 5.51. The summed E-state index contributed by atoms with van der Waals surface area (Å²) in [6.45, 7) is 0. The quantitative estimate of drug-likeness (QED) is 0.276. The molecular formula is C35H36N4O. The standard InChI is InChI=1S/C35H36N4O/c36-28-8-9-29-27(16-28)7-10-30-33(29)37-31(20-35-17-22-11-23(18-35)13-24(12-22)19-35)34(38-30)39-32(40)15-21-5-6-25-3-1-2-4-26(25)14-21/h1-6,8-9,14,16,22-24H,7,10-13,15,17-20,36H2,(H,38,39,40). The summed E-state index contributed by atoms with van der Waals surface area (Å²) in [7, 11) is 0. The van der Waals surface area contributed by atoms with E-state index in [1.54, 1.807) is 0 Å². The molecule has 0 spiro atoms. The molecule has 3 N–H and O–H groups in total. The van der Waals surface area contributed by atoms with Crippen molar-refractivity contribution in [1.29, 1.82) is 0 Å². The number of anilines is 2. The monoisotopic (exact) mass is 528 g/mol. The Morgan fingerprint density at radius 2 is 1.62 bits per heavy atom. The number of fused-ring (bicyclic) bond motifs is 4. The van der Waals surface area contributed by atoms with Crippen LogP contribution in [0.15, 0.2) is 60.7 Å². The van der Waals surface area contributed by atoms with Crippen molar-refractivity contribution >= 4 is 28.2 Å². The van der Waals surface area contributed by atoms with Crippen molar-refractivity contribution < 1.29 is 4.79 Å². The average Bonchev–Trinajstić information content (AvgIpc) is 2.92. The molecular weight excluding hydrogens is 492 g/mol. The second-order valence-electron chi connectivity index (χ2n) is 13.2. The van der Waals surface area contributed by atoms with E-state index in [-0.39, 0.29) is 5.91 Å². The van der Waals surface area contributed by atoms with E-state index in [0.29, 0.717) is 17.7 Å². The number of benzene rings is 3. The van der Waals surface area contributed by atoms with Gasteiger partial charge in [-0.05, 0) is 115 Å². The number of amides is 1. The Labute approximate surface area is 235 Å². The summed E-state index contributed by atoms with van der Waals surface area (Å²) in [5.74, 6) is 3.25. The maximum Gasteiger partial charge on any atom is 0.229 e. The van der Waals surface area contributed by atoms with Crippen LogP contribution in [-0.4, -0.2) is 15.9 Å². The van der Waals surface area contributed by atoms with Gasteiger partial charge in [-0.15, -0.1) is 0 Å². The first kappa shape index (κ1) is 24.1. The molecule has 1 aromatic heterocycles. The van der Waals surface area contributed by atoms with Crippen LogP contribution in [0, 0.1) is 23.2 Å². The molecule has 0 unspecified atom stereocenters. The highest BCUT2D eigenvalue weighted by Crippen LogP contribution is 2.61. The number of nitrogen functional groups attached to an aromatic ring is 1. The summed E-state index contributed by atoms with van der Waals surface area (Å²) in [4.78, 5) is 23.9. The molecule has 0 radical (unpaired) electrons. The van der Waals surface area contributed by atoms with Crippen LogP contribution in [0.25, 0.3) is 22.0 Å². The van der Waals surface area contributed by atoms with E-state index in [0.717, 1.165) is 76.3 Å². The Morgan fingerprint density at radius 1 is 0.875 bits per heavy atom. The third-order valence-corrected chi connectivity index (χ3v) is 10.2. The van der Waals surface area contributed by atoms with Crippen LogP contribution in [0.2, 0.25) is 0 Å². The molecule has 1 heterocycles. The molecule has 4 aromatic rings. The van der Waals surface area contributed by atoms with Crippen molar-refractivity contribution in [3.05, 3.63) is 83.2 Å². The number of aryl methyl sites for hydroxylation is 2. The Bertz CT molecular complexity index is 1620. The van der Waals surface area contributed by atoms with Gasteiger partial charge in [0, 0.05) is 11.3 Å². The molecule has 9 rings (SSSR count). The minimum atomic E-state index is -0.0275. The van der Waals surface area contributed by atoms with Gasteiger partial charge in [-0.3, -0.25) is 4.79 Å². The van der Waals surface area contributed by atoms with Crippen LogP contribution < -0.4 is 11.1 Å². The molecule has 202 valence electrons. The molecule has 4 fully saturated rings. The fourth-order valence-electron chi connectivity index (χ4n) is 8.99. The van der Waals surface area contributed by atoms with Crippen LogP contribution >= 0.6 is 0 Å². The third-order valence-electron chi connectivity index (χ3n) is 10.2. The minimum Gasteiger partial charge on any atom is -0.399 e. The summed E-state index contributed by atoms with van der Waals surface area (Å²) >= 11 is 0. The van der Waals surface area contributed by atoms with Gasteiger partial charge in [0.15, 0.2) is 5.82 Å². The summed E-state index contributed by atoms with van der Waals surface area (Å²) in [6, 6.07) is 20.7. The molecule has 5 nitrogen and oxygen atoms in total. The minimum absolute atomic E-state index is 0.0275. The van der Waals surface area contributed by atoms with Crippen molar-refractivity contribution in [2.75, 3.05) is 11.1 Å². The fraction of sp³-hybridized carbons (Fsp3) is 0.400. The van der Waals surface area contributed by atoms with E-state index in [9.17, 15) is 4.79 Å². The summed E-state index contributed by atoms with van der Waals surface area (Å²) in [5.41, 5.74) is 13.5. The largest absolute Gasteiger partial charge is 0.399 e. The van der Waals surface area contributed by atoms with E-state index in [2.05, 4.69) is 47.8 Å². The van der Waals surface area contributed by atoms with Crippen molar-refractivity contribution in [1.82, 2.24) is 9.97 Å². The number of nitrogens with zero attached hydrogens (tertiary/aromatic N) is 2. The molecule has 5 aliphatic rings.